The lowest BCUT2D eigenvalue weighted by atomic mass is 10.2. The number of thioether (sulfide) groups is 2. The van der Waals surface area contributed by atoms with Gasteiger partial charge < -0.3 is 5.32 Å². The van der Waals surface area contributed by atoms with Gasteiger partial charge >= 0.3 is 0 Å². The van der Waals surface area contributed by atoms with Crippen LogP contribution < -0.4 is 10.6 Å². The number of anilines is 2. The fourth-order valence-corrected chi connectivity index (χ4v) is 5.32. The van der Waals surface area contributed by atoms with Crippen LogP contribution in [0.3, 0.4) is 0 Å². The first kappa shape index (κ1) is 20.8. The summed E-state index contributed by atoms with van der Waals surface area (Å²) < 4.78 is 0.814. The number of nitrogens with zero attached hydrogens (tertiary/aromatic N) is 2. The third kappa shape index (κ3) is 6.93. The van der Waals surface area contributed by atoms with Gasteiger partial charge in [-0.2, -0.15) is 0 Å². The van der Waals surface area contributed by atoms with Gasteiger partial charge in [-0.15, -0.1) is 33.3 Å². The second kappa shape index (κ2) is 10.6. The minimum absolute atomic E-state index is 0.133. The minimum atomic E-state index is -0.195. The molecule has 2 amide bonds. The Bertz CT molecular complexity index is 927. The highest BCUT2D eigenvalue weighted by atomic mass is 32.2. The summed E-state index contributed by atoms with van der Waals surface area (Å²) in [6, 6.07) is 11.7. The van der Waals surface area contributed by atoms with E-state index in [4.69, 9.17) is 0 Å². The molecule has 0 spiro atoms. The molecule has 0 unspecified atom stereocenters. The molecule has 6 nitrogen and oxygen atoms in total. The summed E-state index contributed by atoms with van der Waals surface area (Å²) in [5.41, 5.74) is 1.84. The monoisotopic (exact) mass is 450 g/mol. The summed E-state index contributed by atoms with van der Waals surface area (Å²) in [6.07, 6.45) is 0. The molecule has 0 radical (unpaired) electrons. The number of hydrogen-bond donors (Lipinski definition) is 2. The van der Waals surface area contributed by atoms with Gasteiger partial charge in [0.25, 0.3) is 0 Å². The number of carbonyl (C=O) groups excluding carboxylic acids is 2. The molecule has 10 heteroatoms. The first-order chi connectivity index (χ1) is 13.6. The Balaban J connectivity index is 1.35. The Morgan fingerprint density at radius 1 is 1.07 bits per heavy atom. The number of carbonyl (C=O) groups is 2. The lowest BCUT2D eigenvalue weighted by Gasteiger charge is -2.05. The zero-order valence-corrected chi connectivity index (χ0v) is 18.3. The predicted molar refractivity (Wildman–Crippen MR) is 120 cm³/mol. The molecule has 28 heavy (non-hydrogen) atoms. The van der Waals surface area contributed by atoms with E-state index in [2.05, 4.69) is 26.9 Å². The third-order valence-corrected chi connectivity index (χ3v) is 7.35. The molecule has 0 saturated heterocycles. The standard InChI is InChI=1S/C18H18N4O2S4/c1-12-4-2-5-13(8-12)19-15(23)10-25-11-16(24)20-17-21-22-18(28-17)27-9-14-6-3-7-26-14/h2-8H,9-11H2,1H3,(H,19,23)(H,20,21,24). The first-order valence-corrected chi connectivity index (χ1v) is 12.1. The van der Waals surface area contributed by atoms with Crippen molar-refractivity contribution in [3.05, 3.63) is 52.2 Å². The number of rotatable bonds is 9. The second-order valence-electron chi connectivity index (χ2n) is 5.70. The summed E-state index contributed by atoms with van der Waals surface area (Å²) in [7, 11) is 0. The maximum Gasteiger partial charge on any atom is 0.236 e. The average molecular weight is 451 g/mol. The first-order valence-electron chi connectivity index (χ1n) is 8.31. The van der Waals surface area contributed by atoms with Crippen LogP contribution in [0.2, 0.25) is 0 Å². The van der Waals surface area contributed by atoms with Gasteiger partial charge in [-0.25, -0.2) is 0 Å². The molecule has 0 atom stereocenters. The third-order valence-electron chi connectivity index (χ3n) is 3.34. The molecule has 0 saturated carbocycles. The van der Waals surface area contributed by atoms with Gasteiger partial charge in [0.2, 0.25) is 16.9 Å². The Labute approximate surface area is 179 Å². The molecule has 2 aromatic heterocycles. The van der Waals surface area contributed by atoms with E-state index < -0.39 is 0 Å². The quantitative estimate of drug-likeness (QED) is 0.369. The van der Waals surface area contributed by atoms with Crippen LogP contribution in [-0.2, 0) is 15.3 Å². The van der Waals surface area contributed by atoms with Crippen LogP contribution in [0.5, 0.6) is 0 Å². The van der Waals surface area contributed by atoms with Crippen molar-refractivity contribution in [1.29, 1.82) is 0 Å². The summed E-state index contributed by atoms with van der Waals surface area (Å²) in [6.45, 7) is 1.97. The largest absolute Gasteiger partial charge is 0.325 e. The highest BCUT2D eigenvalue weighted by molar-refractivity contribution is 8.00. The highest BCUT2D eigenvalue weighted by Gasteiger charge is 2.10. The molecule has 1 aromatic carbocycles. The minimum Gasteiger partial charge on any atom is -0.325 e. The van der Waals surface area contributed by atoms with Crippen molar-refractivity contribution in [2.45, 2.75) is 17.0 Å². The summed E-state index contributed by atoms with van der Waals surface area (Å²) in [5, 5.41) is 16.1. The molecule has 2 heterocycles. The van der Waals surface area contributed by atoms with Gasteiger partial charge in [0.05, 0.1) is 11.5 Å². The number of nitrogens with one attached hydrogen (secondary N) is 2. The molecule has 146 valence electrons. The summed E-state index contributed by atoms with van der Waals surface area (Å²) >= 11 is 5.90. The molecule has 0 aliphatic heterocycles. The van der Waals surface area contributed by atoms with E-state index in [1.165, 1.54) is 28.0 Å². The maximum absolute atomic E-state index is 12.0. The molecule has 0 aliphatic rings. The summed E-state index contributed by atoms with van der Waals surface area (Å²) in [4.78, 5) is 25.2. The van der Waals surface area contributed by atoms with Crippen molar-refractivity contribution in [3.8, 4) is 0 Å². The van der Waals surface area contributed by atoms with Crippen LogP contribution in [0.1, 0.15) is 10.4 Å². The lowest BCUT2D eigenvalue weighted by molar-refractivity contribution is -0.114. The van der Waals surface area contributed by atoms with E-state index in [1.54, 1.807) is 23.1 Å². The van der Waals surface area contributed by atoms with E-state index in [9.17, 15) is 9.59 Å². The zero-order chi connectivity index (χ0) is 19.8. The van der Waals surface area contributed by atoms with E-state index >= 15 is 0 Å². The summed E-state index contributed by atoms with van der Waals surface area (Å²) in [5.74, 6) is 0.898. The highest BCUT2D eigenvalue weighted by Crippen LogP contribution is 2.29. The van der Waals surface area contributed by atoms with Crippen molar-refractivity contribution < 1.29 is 9.59 Å². The van der Waals surface area contributed by atoms with Gasteiger partial charge in [0.1, 0.15) is 0 Å². The lowest BCUT2D eigenvalue weighted by Crippen LogP contribution is -2.18. The Morgan fingerprint density at radius 2 is 1.89 bits per heavy atom. The smallest absolute Gasteiger partial charge is 0.236 e. The molecular weight excluding hydrogens is 432 g/mol. The number of thiophene rings is 1. The van der Waals surface area contributed by atoms with Gasteiger partial charge in [0, 0.05) is 16.3 Å². The number of aromatic nitrogens is 2. The van der Waals surface area contributed by atoms with Crippen molar-refractivity contribution in [3.63, 3.8) is 0 Å². The topological polar surface area (TPSA) is 84.0 Å². The number of hydrogen-bond acceptors (Lipinski definition) is 8. The van der Waals surface area contributed by atoms with Crippen LogP contribution in [0.4, 0.5) is 10.8 Å². The number of amides is 2. The fourth-order valence-electron chi connectivity index (χ4n) is 2.16. The second-order valence-corrected chi connectivity index (χ2v) is 9.92. The molecule has 0 bridgehead atoms. The zero-order valence-electron chi connectivity index (χ0n) is 15.0. The van der Waals surface area contributed by atoms with E-state index in [1.807, 2.05) is 42.6 Å². The Kier molecular flexibility index (Phi) is 7.90. The fraction of sp³-hybridized carbons (Fsp3) is 0.222. The van der Waals surface area contributed by atoms with E-state index in [0.29, 0.717) is 5.13 Å². The molecule has 0 aliphatic carbocycles. The van der Waals surface area contributed by atoms with Crippen LogP contribution >= 0.6 is 46.2 Å². The van der Waals surface area contributed by atoms with E-state index in [-0.39, 0.29) is 23.3 Å². The number of aryl methyl sites for hydroxylation is 1. The van der Waals surface area contributed by atoms with Gasteiger partial charge in [-0.05, 0) is 36.1 Å². The predicted octanol–water partition coefficient (Wildman–Crippen LogP) is 4.51. The van der Waals surface area contributed by atoms with Crippen LogP contribution in [0.25, 0.3) is 0 Å². The molecule has 3 aromatic rings. The molecule has 3 rings (SSSR count). The normalized spacial score (nSPS) is 10.6. The van der Waals surface area contributed by atoms with Crippen molar-refractivity contribution in [2.24, 2.45) is 0 Å². The van der Waals surface area contributed by atoms with E-state index in [0.717, 1.165) is 21.3 Å². The molecule has 0 fully saturated rings. The maximum atomic E-state index is 12.0. The Morgan fingerprint density at radius 3 is 2.64 bits per heavy atom. The van der Waals surface area contributed by atoms with Crippen LogP contribution in [0, 0.1) is 6.92 Å². The SMILES string of the molecule is Cc1cccc(NC(=O)CSCC(=O)Nc2nnc(SCc3cccs3)s2)c1. The van der Waals surface area contributed by atoms with Gasteiger partial charge in [-0.1, -0.05) is 41.3 Å². The van der Waals surface area contributed by atoms with Crippen LogP contribution in [0.15, 0.2) is 46.1 Å². The molecular formula is C18H18N4O2S4. The van der Waals surface area contributed by atoms with Crippen molar-refractivity contribution in [1.82, 2.24) is 10.2 Å². The number of benzene rings is 1. The van der Waals surface area contributed by atoms with Crippen molar-refractivity contribution in [2.75, 3.05) is 22.1 Å². The van der Waals surface area contributed by atoms with Crippen LogP contribution in [-0.4, -0.2) is 33.5 Å². The van der Waals surface area contributed by atoms with Gasteiger partial charge in [0.15, 0.2) is 4.34 Å². The average Bonchev–Trinajstić information content (AvgIpc) is 3.31. The molecule has 2 N–H and O–H groups in total. The van der Waals surface area contributed by atoms with Crippen molar-refractivity contribution >= 4 is 68.8 Å². The van der Waals surface area contributed by atoms with Gasteiger partial charge in [-0.3, -0.25) is 14.9 Å². The Hall–Kier alpha value is -1.88.